The topological polar surface area (TPSA) is 33.3 Å². The van der Waals surface area contributed by atoms with Crippen LogP contribution in [0, 0.1) is 6.92 Å². The van der Waals surface area contributed by atoms with Crippen LogP contribution < -0.4 is 15.4 Å². The number of benzene rings is 1. The summed E-state index contributed by atoms with van der Waals surface area (Å²) in [6.07, 6.45) is 2.05. The summed E-state index contributed by atoms with van der Waals surface area (Å²) in [6, 6.07) is 4.92. The fourth-order valence-corrected chi connectivity index (χ4v) is 1.70. The molecule has 0 radical (unpaired) electrons. The van der Waals surface area contributed by atoms with Gasteiger partial charge in [0.1, 0.15) is 5.75 Å². The highest BCUT2D eigenvalue weighted by atomic mass is 32.1. The average Bonchev–Trinajstić information content (AvgIpc) is 2.32. The molecule has 1 rings (SSSR count). The largest absolute Gasteiger partial charge is 0.433 e. The highest BCUT2D eigenvalue weighted by Crippen LogP contribution is 2.27. The fraction of sp³-hybridized carbons (Fsp3) is 0.462. The van der Waals surface area contributed by atoms with Gasteiger partial charge in [-0.3, -0.25) is 0 Å². The zero-order chi connectivity index (χ0) is 14.3. The molecule has 3 nitrogen and oxygen atoms in total. The third-order valence-electron chi connectivity index (χ3n) is 2.42. The van der Waals surface area contributed by atoms with E-state index in [9.17, 15) is 8.78 Å². The van der Waals surface area contributed by atoms with E-state index in [4.69, 9.17) is 12.2 Å². The fourth-order valence-electron chi connectivity index (χ4n) is 1.49. The van der Waals surface area contributed by atoms with Crippen LogP contribution in [0.3, 0.4) is 0 Å². The molecule has 0 aliphatic carbocycles. The van der Waals surface area contributed by atoms with Gasteiger partial charge < -0.3 is 15.4 Å². The van der Waals surface area contributed by atoms with Gasteiger partial charge in [-0.1, -0.05) is 19.4 Å². The Labute approximate surface area is 117 Å². The van der Waals surface area contributed by atoms with Crippen LogP contribution in [0.2, 0.25) is 0 Å². The van der Waals surface area contributed by atoms with E-state index in [0.717, 1.165) is 24.9 Å². The molecule has 1 aromatic carbocycles. The summed E-state index contributed by atoms with van der Waals surface area (Å²) < 4.78 is 29.0. The molecule has 0 fully saturated rings. The van der Waals surface area contributed by atoms with E-state index in [-0.39, 0.29) is 5.75 Å². The third kappa shape index (κ3) is 5.83. The molecule has 0 aliphatic rings. The molecular weight excluding hydrogens is 270 g/mol. The number of thiocarbonyl (C=S) groups is 1. The first-order valence-corrected chi connectivity index (χ1v) is 6.54. The van der Waals surface area contributed by atoms with Crippen molar-refractivity contribution < 1.29 is 13.5 Å². The minimum Gasteiger partial charge on any atom is -0.433 e. The third-order valence-corrected chi connectivity index (χ3v) is 2.66. The molecule has 19 heavy (non-hydrogen) atoms. The van der Waals surface area contributed by atoms with E-state index in [1.165, 1.54) is 6.07 Å². The summed E-state index contributed by atoms with van der Waals surface area (Å²) in [4.78, 5) is 0. The zero-order valence-corrected chi connectivity index (χ0v) is 11.8. The second-order valence-electron chi connectivity index (χ2n) is 4.11. The smallest absolute Gasteiger partial charge is 0.387 e. The number of alkyl halides is 2. The standard InChI is InChI=1S/C13H18F2N2OS/c1-3-4-7-16-13(19)17-10-8-9(2)5-6-11(10)18-12(14)15/h5-6,8,12H,3-4,7H2,1-2H3,(H2,16,17,19). The van der Waals surface area contributed by atoms with Crippen LogP contribution in [0.25, 0.3) is 0 Å². The quantitative estimate of drug-likeness (QED) is 0.618. The Morgan fingerprint density at radius 3 is 2.79 bits per heavy atom. The highest BCUT2D eigenvalue weighted by Gasteiger charge is 2.10. The average molecular weight is 288 g/mol. The van der Waals surface area contributed by atoms with Crippen molar-refractivity contribution in [2.24, 2.45) is 0 Å². The summed E-state index contributed by atoms with van der Waals surface area (Å²) in [5.41, 5.74) is 1.37. The van der Waals surface area contributed by atoms with E-state index in [1.807, 2.05) is 6.92 Å². The second kappa shape index (κ2) is 7.89. The van der Waals surface area contributed by atoms with Gasteiger partial charge in [0, 0.05) is 6.54 Å². The molecule has 0 bridgehead atoms. The maximum absolute atomic E-state index is 12.3. The molecule has 0 heterocycles. The van der Waals surface area contributed by atoms with Gasteiger partial charge in [0.2, 0.25) is 0 Å². The van der Waals surface area contributed by atoms with Crippen molar-refractivity contribution in [1.82, 2.24) is 5.32 Å². The number of halogens is 2. The van der Waals surface area contributed by atoms with Crippen LogP contribution in [0.1, 0.15) is 25.3 Å². The Morgan fingerprint density at radius 1 is 1.42 bits per heavy atom. The van der Waals surface area contributed by atoms with Crippen LogP contribution in [0.15, 0.2) is 18.2 Å². The molecule has 0 saturated heterocycles. The number of rotatable bonds is 6. The van der Waals surface area contributed by atoms with E-state index in [0.29, 0.717) is 10.8 Å². The number of anilines is 1. The normalized spacial score (nSPS) is 10.4. The van der Waals surface area contributed by atoms with Gasteiger partial charge in [-0.05, 0) is 43.3 Å². The lowest BCUT2D eigenvalue weighted by molar-refractivity contribution is -0.0493. The molecule has 0 amide bonds. The molecule has 0 aliphatic heterocycles. The Hall–Kier alpha value is -1.43. The number of nitrogens with one attached hydrogen (secondary N) is 2. The summed E-state index contributed by atoms with van der Waals surface area (Å²) >= 11 is 5.10. The van der Waals surface area contributed by atoms with Crippen molar-refractivity contribution in [1.29, 1.82) is 0 Å². The SMILES string of the molecule is CCCCNC(=S)Nc1cc(C)ccc1OC(F)F. The molecule has 6 heteroatoms. The van der Waals surface area contributed by atoms with E-state index in [1.54, 1.807) is 12.1 Å². The second-order valence-corrected chi connectivity index (χ2v) is 4.52. The molecule has 0 spiro atoms. The first-order chi connectivity index (χ1) is 9.02. The Kier molecular flexibility index (Phi) is 6.49. The number of ether oxygens (including phenoxy) is 1. The molecule has 0 saturated carbocycles. The maximum Gasteiger partial charge on any atom is 0.387 e. The van der Waals surface area contributed by atoms with Gasteiger partial charge in [0.05, 0.1) is 5.69 Å². The van der Waals surface area contributed by atoms with Crippen molar-refractivity contribution in [3.63, 3.8) is 0 Å². The van der Waals surface area contributed by atoms with Gasteiger partial charge >= 0.3 is 6.61 Å². The lowest BCUT2D eigenvalue weighted by Crippen LogP contribution is -2.29. The van der Waals surface area contributed by atoms with Crippen molar-refractivity contribution >= 4 is 23.0 Å². The lowest BCUT2D eigenvalue weighted by atomic mass is 10.2. The number of hydrogen-bond donors (Lipinski definition) is 2. The van der Waals surface area contributed by atoms with Gasteiger partial charge in [0.15, 0.2) is 5.11 Å². The van der Waals surface area contributed by atoms with E-state index >= 15 is 0 Å². The lowest BCUT2D eigenvalue weighted by Gasteiger charge is -2.15. The van der Waals surface area contributed by atoms with Gasteiger partial charge in [-0.2, -0.15) is 8.78 Å². The summed E-state index contributed by atoms with van der Waals surface area (Å²) in [6.45, 7) is 1.84. The molecular formula is C13H18F2N2OS. The monoisotopic (exact) mass is 288 g/mol. The van der Waals surface area contributed by atoms with Crippen molar-refractivity contribution in [2.75, 3.05) is 11.9 Å². The van der Waals surface area contributed by atoms with E-state index < -0.39 is 6.61 Å². The van der Waals surface area contributed by atoms with Gasteiger partial charge in [0.25, 0.3) is 0 Å². The molecule has 2 N–H and O–H groups in total. The van der Waals surface area contributed by atoms with Gasteiger partial charge in [-0.15, -0.1) is 0 Å². The van der Waals surface area contributed by atoms with Crippen LogP contribution in [-0.2, 0) is 0 Å². The number of hydrogen-bond acceptors (Lipinski definition) is 2. The minimum absolute atomic E-state index is 0.0836. The summed E-state index contributed by atoms with van der Waals surface area (Å²) in [5.74, 6) is 0.0836. The highest BCUT2D eigenvalue weighted by molar-refractivity contribution is 7.80. The summed E-state index contributed by atoms with van der Waals surface area (Å²) in [5, 5.41) is 6.29. The molecule has 0 aromatic heterocycles. The van der Waals surface area contributed by atoms with Crippen LogP contribution in [-0.4, -0.2) is 18.3 Å². The van der Waals surface area contributed by atoms with Crippen molar-refractivity contribution in [2.45, 2.75) is 33.3 Å². The zero-order valence-electron chi connectivity index (χ0n) is 11.0. The predicted molar refractivity (Wildman–Crippen MR) is 76.9 cm³/mol. The van der Waals surface area contributed by atoms with E-state index in [2.05, 4.69) is 22.3 Å². The number of aryl methyl sites for hydroxylation is 1. The maximum atomic E-state index is 12.3. The van der Waals surface area contributed by atoms with Crippen LogP contribution >= 0.6 is 12.2 Å². The predicted octanol–water partition coefficient (Wildman–Crippen LogP) is 3.68. The van der Waals surface area contributed by atoms with Crippen molar-refractivity contribution in [3.8, 4) is 5.75 Å². The first kappa shape index (κ1) is 15.6. The Balaban J connectivity index is 2.69. The number of unbranched alkanes of at least 4 members (excludes halogenated alkanes) is 1. The first-order valence-electron chi connectivity index (χ1n) is 6.13. The molecule has 0 atom stereocenters. The molecule has 106 valence electrons. The Bertz CT molecular complexity index is 427. The molecule has 1 aromatic rings. The van der Waals surface area contributed by atoms with Crippen molar-refractivity contribution in [3.05, 3.63) is 23.8 Å². The summed E-state index contributed by atoms with van der Waals surface area (Å²) in [7, 11) is 0. The van der Waals surface area contributed by atoms with Crippen LogP contribution in [0.5, 0.6) is 5.75 Å². The van der Waals surface area contributed by atoms with Gasteiger partial charge in [-0.25, -0.2) is 0 Å². The Morgan fingerprint density at radius 2 is 2.16 bits per heavy atom. The van der Waals surface area contributed by atoms with Crippen LogP contribution in [0.4, 0.5) is 14.5 Å². The molecule has 0 unspecified atom stereocenters. The minimum atomic E-state index is -2.86.